The van der Waals surface area contributed by atoms with Crippen molar-refractivity contribution in [3.8, 4) is 18.0 Å². The van der Waals surface area contributed by atoms with Gasteiger partial charge in [-0.25, -0.2) is 14.4 Å². The van der Waals surface area contributed by atoms with Crippen LogP contribution in [0.3, 0.4) is 0 Å². The molecule has 0 aliphatic rings. The third-order valence-electron chi connectivity index (χ3n) is 3.70. The summed E-state index contributed by atoms with van der Waals surface area (Å²) in [7, 11) is 0. The van der Waals surface area contributed by atoms with Gasteiger partial charge in [0.2, 0.25) is 0 Å². The molecule has 1 aromatic rings. The molecule has 0 radical (unpaired) electrons. The number of rotatable bonds is 15. The average Bonchev–Trinajstić information content (AvgIpc) is 2.75. The van der Waals surface area contributed by atoms with Gasteiger partial charge >= 0.3 is 35.9 Å². The zero-order valence-corrected chi connectivity index (χ0v) is 18.5. The van der Waals surface area contributed by atoms with E-state index < -0.39 is 17.9 Å². The average molecular weight is 465 g/mol. The molecular formula is C21H27N3O9. The third kappa shape index (κ3) is 13.1. The predicted octanol–water partition coefficient (Wildman–Crippen LogP) is 1.84. The van der Waals surface area contributed by atoms with Crippen LogP contribution in [0.4, 0.5) is 0 Å². The fourth-order valence-corrected chi connectivity index (χ4v) is 2.04. The normalized spacial score (nSPS) is 14.3. The van der Waals surface area contributed by atoms with Crippen molar-refractivity contribution in [3.63, 3.8) is 0 Å². The van der Waals surface area contributed by atoms with Gasteiger partial charge in [-0.2, -0.15) is 0 Å². The first-order valence-corrected chi connectivity index (χ1v) is 9.93. The van der Waals surface area contributed by atoms with Crippen LogP contribution < -0.4 is 14.2 Å². The number of hydrogen-bond donors (Lipinski definition) is 3. The minimum atomic E-state index is -1.08. The quantitative estimate of drug-likeness (QED) is 0.320. The molecule has 1 rings (SSSR count). The number of aliphatic carboxylic acids is 3. The van der Waals surface area contributed by atoms with E-state index in [2.05, 4.69) is 15.0 Å². The molecule has 12 nitrogen and oxygen atoms in total. The van der Waals surface area contributed by atoms with Crippen LogP contribution in [0.25, 0.3) is 0 Å². The van der Waals surface area contributed by atoms with E-state index in [9.17, 15) is 14.4 Å². The van der Waals surface area contributed by atoms with Crippen molar-refractivity contribution in [2.24, 2.45) is 17.8 Å². The molecule has 1 heterocycles. The summed E-state index contributed by atoms with van der Waals surface area (Å²) in [5.74, 6) is -4.00. The van der Waals surface area contributed by atoms with Crippen LogP contribution in [0.2, 0.25) is 0 Å². The molecule has 3 atom stereocenters. The van der Waals surface area contributed by atoms with Crippen LogP contribution in [-0.4, -0.2) is 68.0 Å². The molecule has 12 heteroatoms. The lowest BCUT2D eigenvalue weighted by Gasteiger charge is -2.13. The van der Waals surface area contributed by atoms with Gasteiger partial charge in [-0.1, -0.05) is 39.0 Å². The van der Waals surface area contributed by atoms with Crippen molar-refractivity contribution in [2.75, 3.05) is 19.8 Å². The van der Waals surface area contributed by atoms with Crippen molar-refractivity contribution >= 4 is 17.9 Å². The summed E-state index contributed by atoms with van der Waals surface area (Å²) >= 11 is 0. The number of carboxylic acid groups (broad SMARTS) is 3. The lowest BCUT2D eigenvalue weighted by atomic mass is 10.2. The van der Waals surface area contributed by atoms with Crippen molar-refractivity contribution < 1.29 is 43.9 Å². The van der Waals surface area contributed by atoms with Gasteiger partial charge < -0.3 is 29.5 Å². The zero-order chi connectivity index (χ0) is 24.8. The molecule has 0 saturated carbocycles. The third-order valence-corrected chi connectivity index (χ3v) is 3.70. The number of carbonyl (C=O) groups is 3. The van der Waals surface area contributed by atoms with E-state index in [1.807, 2.05) is 0 Å². The highest BCUT2D eigenvalue weighted by Crippen LogP contribution is 2.17. The molecule has 33 heavy (non-hydrogen) atoms. The number of hydrogen-bond acceptors (Lipinski definition) is 9. The topological polar surface area (TPSA) is 178 Å². The monoisotopic (exact) mass is 465 g/mol. The minimum absolute atomic E-state index is 0.0716. The Morgan fingerprint density at radius 3 is 1.09 bits per heavy atom. The van der Waals surface area contributed by atoms with Gasteiger partial charge in [0, 0.05) is 36.0 Å². The second kappa shape index (κ2) is 14.2. The SMILES string of the molecule is CC(C=CC(=O)O)COc1nc(OCC(C)C=CC(=O)O)nc(OCC(C)C=CC(=O)O)n1. The molecule has 0 spiro atoms. The summed E-state index contributed by atoms with van der Waals surface area (Å²) in [6.45, 7) is 5.43. The summed E-state index contributed by atoms with van der Waals surface area (Å²) in [5.41, 5.74) is 0. The summed E-state index contributed by atoms with van der Waals surface area (Å²) in [6.07, 6.45) is 7.36. The van der Waals surface area contributed by atoms with Crippen LogP contribution in [0.1, 0.15) is 20.8 Å². The first-order chi connectivity index (χ1) is 15.5. The highest BCUT2D eigenvalue weighted by molar-refractivity contribution is 5.80. The first-order valence-electron chi connectivity index (χ1n) is 9.93. The Morgan fingerprint density at radius 2 is 0.879 bits per heavy atom. The standard InChI is InChI=1S/C21H27N3O9/c1-13(4-7-16(25)26)10-31-19-22-20(32-11-14(2)5-8-17(27)28)24-21(23-19)33-12-15(3)6-9-18(29)30/h4-9,13-15H,10-12H2,1-3H3,(H,25,26)(H,27,28)(H,29,30). The van der Waals surface area contributed by atoms with Crippen LogP contribution in [0.15, 0.2) is 36.5 Å². The number of aromatic nitrogens is 3. The Labute approximate surface area is 190 Å². The van der Waals surface area contributed by atoms with E-state index in [1.54, 1.807) is 20.8 Å². The van der Waals surface area contributed by atoms with Gasteiger partial charge in [0.15, 0.2) is 0 Å². The number of carboxylic acids is 3. The highest BCUT2D eigenvalue weighted by atomic mass is 16.5. The van der Waals surface area contributed by atoms with Gasteiger partial charge in [-0.15, -0.1) is 15.0 Å². The molecule has 180 valence electrons. The number of ether oxygens (including phenoxy) is 3. The Morgan fingerprint density at radius 1 is 0.636 bits per heavy atom. The summed E-state index contributed by atoms with van der Waals surface area (Å²) in [4.78, 5) is 44.0. The fourth-order valence-electron chi connectivity index (χ4n) is 2.04. The molecule has 0 fully saturated rings. The Bertz CT molecular complexity index is 772. The van der Waals surface area contributed by atoms with Crippen molar-refractivity contribution in [3.05, 3.63) is 36.5 Å². The van der Waals surface area contributed by atoms with Gasteiger partial charge in [0.1, 0.15) is 0 Å². The summed E-state index contributed by atoms with van der Waals surface area (Å²) in [5, 5.41) is 26.1. The molecule has 3 unspecified atom stereocenters. The Kier molecular flexibility index (Phi) is 11.6. The van der Waals surface area contributed by atoms with Gasteiger partial charge in [0.25, 0.3) is 0 Å². The zero-order valence-electron chi connectivity index (χ0n) is 18.5. The molecule has 0 bridgehead atoms. The van der Waals surface area contributed by atoms with Crippen LogP contribution in [0, 0.1) is 17.8 Å². The Balaban J connectivity index is 2.90. The summed E-state index contributed by atoms with van der Waals surface area (Å²) in [6, 6.07) is -0.353. The molecular weight excluding hydrogens is 438 g/mol. The maximum absolute atomic E-state index is 10.6. The van der Waals surface area contributed by atoms with Crippen LogP contribution >= 0.6 is 0 Å². The highest BCUT2D eigenvalue weighted by Gasteiger charge is 2.13. The molecule has 0 aliphatic heterocycles. The lowest BCUT2D eigenvalue weighted by molar-refractivity contribution is -0.132. The molecule has 3 N–H and O–H groups in total. The molecule has 0 saturated heterocycles. The largest absolute Gasteiger partial charge is 0.478 e. The van der Waals surface area contributed by atoms with E-state index in [0.29, 0.717) is 0 Å². The predicted molar refractivity (Wildman–Crippen MR) is 114 cm³/mol. The van der Waals surface area contributed by atoms with Crippen molar-refractivity contribution in [1.29, 1.82) is 0 Å². The van der Waals surface area contributed by atoms with Crippen molar-refractivity contribution in [2.45, 2.75) is 20.8 Å². The van der Waals surface area contributed by atoms with Crippen LogP contribution in [0.5, 0.6) is 18.0 Å². The first kappa shape index (κ1) is 27.1. The molecule has 0 aliphatic carbocycles. The van der Waals surface area contributed by atoms with E-state index in [0.717, 1.165) is 18.2 Å². The second-order valence-electron chi connectivity index (χ2n) is 7.14. The molecule has 0 amide bonds. The molecule has 1 aromatic heterocycles. The maximum atomic E-state index is 10.6. The fraction of sp³-hybridized carbons (Fsp3) is 0.429. The van der Waals surface area contributed by atoms with E-state index in [4.69, 9.17) is 29.5 Å². The lowest BCUT2D eigenvalue weighted by Crippen LogP contribution is -2.14. The maximum Gasteiger partial charge on any atom is 0.327 e. The smallest absolute Gasteiger partial charge is 0.327 e. The van der Waals surface area contributed by atoms with E-state index in [-0.39, 0.29) is 55.6 Å². The second-order valence-corrected chi connectivity index (χ2v) is 7.14. The van der Waals surface area contributed by atoms with Gasteiger partial charge in [-0.05, 0) is 0 Å². The summed E-state index contributed by atoms with van der Waals surface area (Å²) < 4.78 is 16.5. The Hall–Kier alpha value is -3.96. The van der Waals surface area contributed by atoms with Gasteiger partial charge in [0.05, 0.1) is 19.8 Å². The minimum Gasteiger partial charge on any atom is -0.478 e. The van der Waals surface area contributed by atoms with Gasteiger partial charge in [-0.3, -0.25) is 0 Å². The van der Waals surface area contributed by atoms with E-state index in [1.165, 1.54) is 18.2 Å². The molecule has 0 aromatic carbocycles. The van der Waals surface area contributed by atoms with Crippen molar-refractivity contribution in [1.82, 2.24) is 15.0 Å². The van der Waals surface area contributed by atoms with E-state index >= 15 is 0 Å². The number of nitrogens with zero attached hydrogens (tertiary/aromatic N) is 3. The van der Waals surface area contributed by atoms with Crippen LogP contribution in [-0.2, 0) is 14.4 Å².